The van der Waals surface area contributed by atoms with E-state index in [1.54, 1.807) is 6.07 Å². The Morgan fingerprint density at radius 3 is 2.43 bits per heavy atom. The molecule has 6 rings (SSSR count). The van der Waals surface area contributed by atoms with E-state index in [0.29, 0.717) is 41.9 Å². The van der Waals surface area contributed by atoms with Gasteiger partial charge in [0.1, 0.15) is 29.3 Å². The number of nitrogens with zero attached hydrogens (tertiary/aromatic N) is 2. The summed E-state index contributed by atoms with van der Waals surface area (Å²) in [5, 5.41) is 3.29. The van der Waals surface area contributed by atoms with Crippen LogP contribution in [0, 0.1) is 23.6 Å². The molecule has 3 heterocycles. The Hall–Kier alpha value is -4.68. The second-order valence-corrected chi connectivity index (χ2v) is 18.1. The third-order valence-corrected chi connectivity index (χ3v) is 12.6. The molecule has 2 aromatic rings. The number of rotatable bonds is 8. The topological polar surface area (TPSA) is 196 Å². The van der Waals surface area contributed by atoms with Crippen LogP contribution in [-0.2, 0) is 29.1 Å². The van der Waals surface area contributed by atoms with E-state index < -0.39 is 68.5 Å². The van der Waals surface area contributed by atoms with Crippen LogP contribution in [0.5, 0.6) is 11.6 Å². The quantitative estimate of drug-likeness (QED) is 0.204. The van der Waals surface area contributed by atoms with Crippen LogP contribution in [0.4, 0.5) is 22.4 Å². The summed E-state index contributed by atoms with van der Waals surface area (Å²) < 4.78 is 93.3. The number of aromatic nitrogens is 1. The van der Waals surface area contributed by atoms with Crippen LogP contribution in [0.25, 0.3) is 10.8 Å². The van der Waals surface area contributed by atoms with E-state index >= 15 is 0 Å². The second kappa shape index (κ2) is 17.3. The number of fused-ring (bicyclic) bond motifs is 3. The molecular weight excluding hydrogens is 791 g/mol. The maximum Gasteiger partial charge on any atom is 0.427 e. The predicted molar refractivity (Wildman–Crippen MR) is 210 cm³/mol. The lowest BCUT2D eigenvalue weighted by atomic mass is 9.91. The van der Waals surface area contributed by atoms with Gasteiger partial charge in [0, 0.05) is 28.4 Å². The maximum absolute atomic E-state index is 14.4. The molecule has 0 radical (unpaired) electrons. The van der Waals surface area contributed by atoms with Crippen molar-refractivity contribution in [1.29, 1.82) is 0 Å². The lowest BCUT2D eigenvalue weighted by Crippen LogP contribution is -2.56. The summed E-state index contributed by atoms with van der Waals surface area (Å²) in [5.41, 5.74) is 0.461. The average Bonchev–Trinajstić information content (AvgIpc) is 4.03. The molecule has 0 spiro atoms. The Labute approximate surface area is 339 Å². The van der Waals surface area contributed by atoms with E-state index in [-0.39, 0.29) is 53.7 Å². The number of amides is 4. The Balaban J connectivity index is 0.000000809. The first kappa shape index (κ1) is 44.4. The molecule has 0 bridgehead atoms. The fourth-order valence-electron chi connectivity index (χ4n) is 7.31. The van der Waals surface area contributed by atoms with E-state index in [2.05, 4.69) is 32.4 Å². The highest BCUT2D eigenvalue weighted by atomic mass is 32.2. The van der Waals surface area contributed by atoms with Crippen LogP contribution < -0.4 is 25.2 Å². The molecule has 2 aliphatic carbocycles. The highest BCUT2D eigenvalue weighted by molar-refractivity contribution is 7.91. The Kier molecular flexibility index (Phi) is 13.2. The van der Waals surface area contributed by atoms with Gasteiger partial charge in [0.2, 0.25) is 33.3 Å². The van der Waals surface area contributed by atoms with E-state index in [1.807, 2.05) is 26.0 Å². The minimum Gasteiger partial charge on any atom is -0.492 e. The largest absolute Gasteiger partial charge is 0.492 e. The average molecular weight is 848 g/mol. The van der Waals surface area contributed by atoms with Crippen molar-refractivity contribution in [3.05, 3.63) is 42.4 Å². The third-order valence-electron chi connectivity index (χ3n) is 10.8. The zero-order chi connectivity index (χ0) is 42.8. The van der Waals surface area contributed by atoms with Gasteiger partial charge in [-0.05, 0) is 89.3 Å². The summed E-state index contributed by atoms with van der Waals surface area (Å²) in [4.78, 5) is 57.2. The lowest BCUT2D eigenvalue weighted by molar-refractivity contribution is -0.243. The summed E-state index contributed by atoms with van der Waals surface area (Å²) >= 11 is 0. The van der Waals surface area contributed by atoms with Crippen molar-refractivity contribution in [1.82, 2.24) is 19.9 Å². The van der Waals surface area contributed by atoms with Gasteiger partial charge in [-0.15, -0.1) is 0 Å². The zero-order valence-electron chi connectivity index (χ0n) is 33.1. The number of allylic oxidation sites excluding steroid dienone is 1. The van der Waals surface area contributed by atoms with Crippen LogP contribution in [0.2, 0.25) is 0 Å². The molecule has 1 aromatic carbocycles. The second-order valence-electron chi connectivity index (χ2n) is 16.1. The Bertz CT molecular complexity index is 2040. The number of carbonyl (C=O) groups is 4. The number of ether oxygens (including phenoxy) is 3. The van der Waals surface area contributed by atoms with Crippen LogP contribution in [0.3, 0.4) is 0 Å². The molecular formula is C39H57F4N5O9S. The normalized spacial score (nSPS) is 27.3. The Morgan fingerprint density at radius 1 is 1.10 bits per heavy atom. The number of hydrogen-bond donors (Lipinski definition) is 3. The monoisotopic (exact) mass is 847 g/mol. The van der Waals surface area contributed by atoms with Gasteiger partial charge in [0.25, 0.3) is 5.91 Å². The fraction of sp³-hybridized carbons (Fsp3) is 0.615. The molecule has 1 aromatic heterocycles. The highest BCUT2D eigenvalue weighted by Gasteiger charge is 2.62. The SMILES string of the molecule is CC(C)(OC(N)=O)C(F)(F)F.CCOc1cnc(O[C@@H]2C[C@H]3C(=O)N[C@]4(C(=O)NS(=O)(=O)C5CC5)C[C@H]4/C=C\CC[C@@H](C)C[C@@H](C)CC(=O)N3C2)c2cc(F)ccc12.[HH].[HH].[HH]. The molecule has 2 saturated carbocycles. The fourth-order valence-corrected chi connectivity index (χ4v) is 8.68. The summed E-state index contributed by atoms with van der Waals surface area (Å²) in [6.45, 7) is 7.93. The van der Waals surface area contributed by atoms with Gasteiger partial charge in [0.15, 0.2) is 0 Å². The van der Waals surface area contributed by atoms with E-state index in [1.165, 1.54) is 23.2 Å². The van der Waals surface area contributed by atoms with E-state index in [9.17, 15) is 45.2 Å². The van der Waals surface area contributed by atoms with Crippen molar-refractivity contribution in [2.75, 3.05) is 13.2 Å². The molecule has 4 N–H and O–H groups in total. The standard InChI is InChI=1S/C34H43FN4O7S.C5H8F3NO2.3H2/c1-4-45-29-18-36-32(27-15-23(35)9-12-26(27)29)46-24-16-28-31(41)37-34(33(42)38-47(43,44)25-10-11-25)17-22(34)8-6-5-7-20(2)13-21(3)14-30(40)39(28)19-24;1-4(2,5(6,7)8)11-3(9)10;;;/h6,8-9,12,15,18,20-22,24-25,28H,4-5,7,10-11,13-14,16-17,19H2,1-3H3,(H,37,41)(H,38,42);1-2H3,(H2,9,10);3*1H/b8-6-;;;;/t20-,21-,22-,24-,28+,34-;;;;/m1..../s1. The van der Waals surface area contributed by atoms with Gasteiger partial charge in [-0.1, -0.05) is 26.0 Å². The van der Waals surface area contributed by atoms with Gasteiger partial charge in [0.05, 0.1) is 30.0 Å². The molecule has 19 heteroatoms. The van der Waals surface area contributed by atoms with Crippen molar-refractivity contribution in [2.24, 2.45) is 23.5 Å². The van der Waals surface area contributed by atoms with Crippen LogP contribution >= 0.6 is 0 Å². The molecule has 6 atom stereocenters. The molecule has 14 nitrogen and oxygen atoms in total. The summed E-state index contributed by atoms with van der Waals surface area (Å²) in [7, 11) is -3.84. The molecule has 4 amide bonds. The molecule has 58 heavy (non-hydrogen) atoms. The van der Waals surface area contributed by atoms with Crippen molar-refractivity contribution in [3.63, 3.8) is 0 Å². The van der Waals surface area contributed by atoms with Crippen LogP contribution in [0.1, 0.15) is 90.3 Å². The number of nitrogens with one attached hydrogen (secondary N) is 2. The Morgan fingerprint density at radius 2 is 1.81 bits per heavy atom. The van der Waals surface area contributed by atoms with Crippen molar-refractivity contribution in [3.8, 4) is 11.6 Å². The van der Waals surface area contributed by atoms with Crippen molar-refractivity contribution >= 4 is 44.6 Å². The van der Waals surface area contributed by atoms with E-state index in [4.69, 9.17) is 9.47 Å². The molecule has 2 aliphatic heterocycles. The van der Waals surface area contributed by atoms with Gasteiger partial charge < -0.3 is 30.2 Å². The number of nitrogens with two attached hydrogens (primary N) is 1. The van der Waals surface area contributed by atoms with Crippen LogP contribution in [-0.4, -0.2) is 90.0 Å². The molecule has 3 fully saturated rings. The van der Waals surface area contributed by atoms with Gasteiger partial charge in [-0.3, -0.25) is 19.1 Å². The minimum absolute atomic E-state index is 0. The van der Waals surface area contributed by atoms with Gasteiger partial charge in [-0.2, -0.15) is 13.2 Å². The number of sulfonamides is 1. The number of pyridine rings is 1. The van der Waals surface area contributed by atoms with E-state index in [0.717, 1.165) is 33.1 Å². The molecule has 4 aliphatic rings. The first-order chi connectivity index (χ1) is 27.1. The molecule has 0 unspecified atom stereocenters. The summed E-state index contributed by atoms with van der Waals surface area (Å²) in [6, 6.07) is 3.27. The third kappa shape index (κ3) is 10.5. The van der Waals surface area contributed by atoms with Crippen molar-refractivity contribution in [2.45, 2.75) is 121 Å². The number of halogens is 4. The first-order valence-electron chi connectivity index (χ1n) is 19.3. The smallest absolute Gasteiger partial charge is 0.427 e. The zero-order valence-corrected chi connectivity index (χ0v) is 33.9. The maximum atomic E-state index is 14.4. The lowest BCUT2D eigenvalue weighted by Gasteiger charge is -2.27. The number of alkyl halides is 3. The highest BCUT2D eigenvalue weighted by Crippen LogP contribution is 2.46. The number of carbonyl (C=O) groups excluding carboxylic acids is 4. The van der Waals surface area contributed by atoms with Gasteiger partial charge >= 0.3 is 12.3 Å². The summed E-state index contributed by atoms with van der Waals surface area (Å²) in [5.74, 6) is -1.31. The van der Waals surface area contributed by atoms with Crippen LogP contribution in [0.15, 0.2) is 36.5 Å². The van der Waals surface area contributed by atoms with Gasteiger partial charge in [-0.25, -0.2) is 22.6 Å². The van der Waals surface area contributed by atoms with Crippen molar-refractivity contribution < 1.29 is 63.6 Å². The first-order valence-corrected chi connectivity index (χ1v) is 20.9. The summed E-state index contributed by atoms with van der Waals surface area (Å²) in [6.07, 6.45) is 2.80. The predicted octanol–water partition coefficient (Wildman–Crippen LogP) is 6.17. The number of primary amides is 1. The molecule has 326 valence electrons. The minimum atomic E-state index is -4.60. The number of benzene rings is 1. The molecule has 1 saturated heterocycles. The number of hydrogen-bond acceptors (Lipinski definition) is 10.